The van der Waals surface area contributed by atoms with Crippen molar-refractivity contribution in [2.45, 2.75) is 38.9 Å². The van der Waals surface area contributed by atoms with Crippen molar-refractivity contribution < 1.29 is 4.42 Å². The van der Waals surface area contributed by atoms with Crippen LogP contribution in [-0.4, -0.2) is 25.8 Å². The van der Waals surface area contributed by atoms with E-state index in [9.17, 15) is 0 Å². The molecular weight excluding hydrogens is 298 g/mol. The van der Waals surface area contributed by atoms with E-state index in [1.165, 1.54) is 0 Å². The van der Waals surface area contributed by atoms with E-state index in [0.29, 0.717) is 18.5 Å². The fraction of sp³-hybridized carbons (Fsp3) is 0.400. The van der Waals surface area contributed by atoms with Gasteiger partial charge < -0.3 is 9.73 Å². The second kappa shape index (κ2) is 5.66. The normalized spacial score (nSPS) is 17.6. The lowest BCUT2D eigenvalue weighted by atomic mass is 10.1. The molecule has 3 aromatic heterocycles. The largest absolute Gasteiger partial charge is 0.444 e. The Morgan fingerprint density at radius 3 is 3.27 bits per heavy atom. The number of oxazole rings is 1. The fourth-order valence-corrected chi connectivity index (χ4v) is 3.41. The number of fused-ring (bicyclic) bond motifs is 1. The average molecular weight is 315 g/mol. The predicted octanol–water partition coefficient (Wildman–Crippen LogP) is 2.41. The lowest BCUT2D eigenvalue weighted by Crippen LogP contribution is -2.37. The Morgan fingerprint density at radius 2 is 2.41 bits per heavy atom. The van der Waals surface area contributed by atoms with Crippen LogP contribution in [0.5, 0.6) is 0 Å². The van der Waals surface area contributed by atoms with Gasteiger partial charge in [-0.15, -0.1) is 11.3 Å². The molecule has 0 saturated carbocycles. The molecule has 22 heavy (non-hydrogen) atoms. The molecule has 1 atom stereocenters. The van der Waals surface area contributed by atoms with Crippen molar-refractivity contribution in [1.82, 2.24) is 25.1 Å². The van der Waals surface area contributed by atoms with E-state index >= 15 is 0 Å². The van der Waals surface area contributed by atoms with E-state index in [0.717, 1.165) is 41.6 Å². The molecule has 114 valence electrons. The Kier molecular flexibility index (Phi) is 3.51. The highest BCUT2D eigenvalue weighted by molar-refractivity contribution is 7.13. The van der Waals surface area contributed by atoms with Crippen molar-refractivity contribution in [1.29, 1.82) is 0 Å². The van der Waals surface area contributed by atoms with Gasteiger partial charge >= 0.3 is 0 Å². The number of hydrogen-bond acceptors (Lipinski definition) is 6. The Bertz CT molecular complexity index is 761. The third-order valence-corrected chi connectivity index (χ3v) is 4.68. The van der Waals surface area contributed by atoms with Crippen molar-refractivity contribution in [3.05, 3.63) is 41.1 Å². The highest BCUT2D eigenvalue weighted by atomic mass is 32.1. The predicted molar refractivity (Wildman–Crippen MR) is 83.5 cm³/mol. The topological polar surface area (TPSA) is 68.8 Å². The molecule has 0 fully saturated rings. The fourth-order valence-electron chi connectivity index (χ4n) is 2.75. The van der Waals surface area contributed by atoms with E-state index in [-0.39, 0.29) is 0 Å². The molecule has 1 N–H and O–H groups in total. The minimum Gasteiger partial charge on any atom is -0.444 e. The van der Waals surface area contributed by atoms with Gasteiger partial charge in [0.25, 0.3) is 0 Å². The van der Waals surface area contributed by atoms with Gasteiger partial charge in [0.05, 0.1) is 17.1 Å². The summed E-state index contributed by atoms with van der Waals surface area (Å²) in [4.78, 5) is 10.0. The number of hydrogen-bond donors (Lipinski definition) is 1. The maximum Gasteiger partial charge on any atom is 0.236 e. The summed E-state index contributed by atoms with van der Waals surface area (Å²) in [6.07, 6.45) is 3.78. The molecule has 1 aliphatic heterocycles. The molecule has 6 nitrogen and oxygen atoms in total. The monoisotopic (exact) mass is 315 g/mol. The second-order valence-electron chi connectivity index (χ2n) is 5.50. The van der Waals surface area contributed by atoms with Crippen LogP contribution in [0.25, 0.3) is 10.8 Å². The minimum absolute atomic E-state index is 0.399. The second-order valence-corrected chi connectivity index (χ2v) is 6.44. The Morgan fingerprint density at radius 1 is 1.45 bits per heavy atom. The van der Waals surface area contributed by atoms with Crippen molar-refractivity contribution in [3.63, 3.8) is 0 Å². The lowest BCUT2D eigenvalue weighted by molar-refractivity contribution is 0.356. The number of aryl methyl sites for hydroxylation is 2. The number of aromatic nitrogens is 4. The molecule has 0 radical (unpaired) electrons. The SMILES string of the molecule is Cc1nc2n(n1)CC(NCc1coc(-c3cccs3)n1)CC2. The van der Waals surface area contributed by atoms with Crippen molar-refractivity contribution >= 4 is 11.3 Å². The third-order valence-electron chi connectivity index (χ3n) is 3.82. The van der Waals surface area contributed by atoms with Gasteiger partial charge in [0.1, 0.15) is 17.9 Å². The molecule has 0 aromatic carbocycles. The van der Waals surface area contributed by atoms with Crippen LogP contribution in [0.2, 0.25) is 0 Å². The number of nitrogens with one attached hydrogen (secondary N) is 1. The van der Waals surface area contributed by atoms with E-state index in [2.05, 4.69) is 20.4 Å². The highest BCUT2D eigenvalue weighted by Gasteiger charge is 2.20. The first-order chi connectivity index (χ1) is 10.8. The molecule has 0 spiro atoms. The highest BCUT2D eigenvalue weighted by Crippen LogP contribution is 2.23. The Labute approximate surface area is 132 Å². The molecule has 0 amide bonds. The maximum absolute atomic E-state index is 5.54. The summed E-state index contributed by atoms with van der Waals surface area (Å²) in [5.74, 6) is 2.65. The number of nitrogens with zero attached hydrogens (tertiary/aromatic N) is 4. The average Bonchev–Trinajstić information content (AvgIpc) is 3.23. The molecule has 0 saturated heterocycles. The number of thiophene rings is 1. The van der Waals surface area contributed by atoms with E-state index in [1.54, 1.807) is 17.6 Å². The van der Waals surface area contributed by atoms with Gasteiger partial charge in [-0.25, -0.2) is 14.6 Å². The molecule has 0 aliphatic carbocycles. The zero-order chi connectivity index (χ0) is 14.9. The molecule has 1 aliphatic rings. The van der Waals surface area contributed by atoms with Crippen molar-refractivity contribution in [2.75, 3.05) is 0 Å². The van der Waals surface area contributed by atoms with Crippen LogP contribution in [0.1, 0.15) is 23.8 Å². The van der Waals surface area contributed by atoms with Crippen molar-refractivity contribution in [3.8, 4) is 10.8 Å². The first-order valence-corrected chi connectivity index (χ1v) is 8.28. The van der Waals surface area contributed by atoms with Gasteiger partial charge in [-0.05, 0) is 24.8 Å². The van der Waals surface area contributed by atoms with Gasteiger partial charge in [0, 0.05) is 19.0 Å². The zero-order valence-corrected chi connectivity index (χ0v) is 13.1. The van der Waals surface area contributed by atoms with Gasteiger partial charge in [-0.1, -0.05) is 6.07 Å². The summed E-state index contributed by atoms with van der Waals surface area (Å²) in [6.45, 7) is 3.52. The van der Waals surface area contributed by atoms with E-state index < -0.39 is 0 Å². The summed E-state index contributed by atoms with van der Waals surface area (Å²) in [5, 5.41) is 9.99. The minimum atomic E-state index is 0.399. The molecule has 7 heteroatoms. The summed E-state index contributed by atoms with van der Waals surface area (Å²) in [6, 6.07) is 4.42. The van der Waals surface area contributed by atoms with Crippen LogP contribution in [0.4, 0.5) is 0 Å². The number of rotatable bonds is 4. The quantitative estimate of drug-likeness (QED) is 0.800. The van der Waals surface area contributed by atoms with Crippen LogP contribution >= 0.6 is 11.3 Å². The first-order valence-electron chi connectivity index (χ1n) is 7.40. The standard InChI is InChI=1S/C15H17N5OS/c1-10-17-14-5-4-11(8-20(14)19-10)16-7-12-9-21-15(18-12)13-3-2-6-22-13/h2-3,6,9,11,16H,4-5,7-8H2,1H3. The van der Waals surface area contributed by atoms with Gasteiger partial charge in [-0.3, -0.25) is 0 Å². The summed E-state index contributed by atoms with van der Waals surface area (Å²) < 4.78 is 7.55. The van der Waals surface area contributed by atoms with Crippen LogP contribution < -0.4 is 5.32 Å². The van der Waals surface area contributed by atoms with Crippen LogP contribution in [0.15, 0.2) is 28.2 Å². The van der Waals surface area contributed by atoms with Crippen molar-refractivity contribution in [2.24, 2.45) is 0 Å². The molecule has 3 aromatic rings. The molecular formula is C15H17N5OS. The van der Waals surface area contributed by atoms with E-state index in [4.69, 9.17) is 4.42 Å². The van der Waals surface area contributed by atoms with Crippen LogP contribution in [0.3, 0.4) is 0 Å². The van der Waals surface area contributed by atoms with Crippen LogP contribution in [-0.2, 0) is 19.5 Å². The molecule has 1 unspecified atom stereocenters. The van der Waals surface area contributed by atoms with Gasteiger partial charge in [0.15, 0.2) is 0 Å². The lowest BCUT2D eigenvalue weighted by Gasteiger charge is -2.23. The summed E-state index contributed by atoms with van der Waals surface area (Å²) in [7, 11) is 0. The Balaban J connectivity index is 1.37. The molecule has 4 heterocycles. The van der Waals surface area contributed by atoms with Crippen LogP contribution in [0, 0.1) is 6.92 Å². The smallest absolute Gasteiger partial charge is 0.236 e. The maximum atomic E-state index is 5.54. The van der Waals surface area contributed by atoms with Gasteiger partial charge in [-0.2, -0.15) is 5.10 Å². The molecule has 4 rings (SSSR count). The van der Waals surface area contributed by atoms with Gasteiger partial charge in [0.2, 0.25) is 5.89 Å². The first kappa shape index (κ1) is 13.7. The summed E-state index contributed by atoms with van der Waals surface area (Å²) in [5.41, 5.74) is 0.934. The molecule has 0 bridgehead atoms. The van der Waals surface area contributed by atoms with E-state index in [1.807, 2.05) is 29.1 Å². The Hall–Kier alpha value is -1.99. The third kappa shape index (κ3) is 2.69. The zero-order valence-electron chi connectivity index (χ0n) is 12.3. The summed E-state index contributed by atoms with van der Waals surface area (Å²) >= 11 is 1.63.